The molecule has 2 aliphatic heterocycles. The van der Waals surface area contributed by atoms with Gasteiger partial charge >= 0.3 is 0 Å². The molecule has 1 amide bonds. The molecule has 5 nitrogen and oxygen atoms in total. The topological polar surface area (TPSA) is 50.8 Å². The number of benzene rings is 2. The Balaban J connectivity index is 1.79. The van der Waals surface area contributed by atoms with Crippen LogP contribution < -0.4 is 19.7 Å². The molecule has 0 spiro atoms. The summed E-state index contributed by atoms with van der Waals surface area (Å²) in [5, 5.41) is 3.09. The van der Waals surface area contributed by atoms with Gasteiger partial charge in [-0.25, -0.2) is 0 Å². The Morgan fingerprint density at radius 2 is 2.12 bits per heavy atom. The van der Waals surface area contributed by atoms with Crippen molar-refractivity contribution in [3.05, 3.63) is 53.1 Å². The van der Waals surface area contributed by atoms with Crippen LogP contribution in [0.25, 0.3) is 0 Å². The Bertz CT molecular complexity index is 834. The van der Waals surface area contributed by atoms with E-state index in [1.54, 1.807) is 0 Å². The maximum Gasteiger partial charge on any atom is 0.255 e. The zero-order chi connectivity index (χ0) is 17.6. The van der Waals surface area contributed by atoms with E-state index in [1.165, 1.54) is 0 Å². The molecular weight excluding hydrogens is 316 g/mol. The number of para-hydroxylation sites is 1. The Labute approximate surface area is 147 Å². The van der Waals surface area contributed by atoms with Crippen LogP contribution in [0.3, 0.4) is 0 Å². The van der Waals surface area contributed by atoms with Gasteiger partial charge in [0, 0.05) is 24.6 Å². The average Bonchev–Trinajstić information content (AvgIpc) is 2.97. The molecule has 0 saturated heterocycles. The predicted octanol–water partition coefficient (Wildman–Crippen LogP) is 3.29. The largest absolute Gasteiger partial charge is 0.493 e. The first-order chi connectivity index (χ1) is 12.1. The second-order valence-electron chi connectivity index (χ2n) is 6.57. The highest BCUT2D eigenvalue weighted by molar-refractivity contribution is 6.02. The molecule has 2 heterocycles. The summed E-state index contributed by atoms with van der Waals surface area (Å²) < 4.78 is 11.8. The zero-order valence-corrected chi connectivity index (χ0v) is 14.7. The third-order valence-corrected chi connectivity index (χ3v) is 4.81. The van der Waals surface area contributed by atoms with Crippen molar-refractivity contribution < 1.29 is 14.3 Å². The summed E-state index contributed by atoms with van der Waals surface area (Å²) >= 11 is 0. The molecule has 130 valence electrons. The number of carbonyl (C=O) groups excluding carboxylic acids is 1. The number of anilines is 1. The summed E-state index contributed by atoms with van der Waals surface area (Å²) in [6.07, 6.45) is 0.749. The van der Waals surface area contributed by atoms with Gasteiger partial charge in [-0.1, -0.05) is 12.1 Å². The number of hydrogen-bond acceptors (Lipinski definition) is 4. The van der Waals surface area contributed by atoms with Crippen LogP contribution in [0.2, 0.25) is 0 Å². The second-order valence-corrected chi connectivity index (χ2v) is 6.57. The number of nitrogens with one attached hydrogen (secondary N) is 1. The highest BCUT2D eigenvalue weighted by Gasteiger charge is 2.33. The second kappa shape index (κ2) is 5.99. The Hall–Kier alpha value is -2.69. The summed E-state index contributed by atoms with van der Waals surface area (Å²) in [6.45, 7) is 4.60. The molecule has 1 N–H and O–H groups in total. The minimum atomic E-state index is -0.297. The first kappa shape index (κ1) is 15.8. The van der Waals surface area contributed by atoms with E-state index in [0.29, 0.717) is 12.2 Å². The molecule has 2 aromatic carbocycles. The molecule has 0 aliphatic carbocycles. The number of fused-ring (bicyclic) bond motifs is 2. The van der Waals surface area contributed by atoms with Gasteiger partial charge < -0.3 is 19.7 Å². The fourth-order valence-corrected chi connectivity index (χ4v) is 3.65. The minimum absolute atomic E-state index is 0.0732. The van der Waals surface area contributed by atoms with Gasteiger partial charge in [-0.05, 0) is 38.1 Å². The van der Waals surface area contributed by atoms with Crippen molar-refractivity contribution in [2.45, 2.75) is 32.5 Å². The fourth-order valence-electron chi connectivity index (χ4n) is 3.65. The summed E-state index contributed by atoms with van der Waals surface area (Å²) in [6, 6.07) is 11.7. The van der Waals surface area contributed by atoms with Crippen molar-refractivity contribution in [3.8, 4) is 11.5 Å². The minimum Gasteiger partial charge on any atom is -0.493 e. The highest BCUT2D eigenvalue weighted by Crippen LogP contribution is 2.41. The lowest BCUT2D eigenvalue weighted by Gasteiger charge is -2.37. The standard InChI is InChI=1S/C20H22N2O3/c1-4-24-18-10-13-9-12(2)25-17(13)11-15(18)19-21-20(23)14-7-5-6-8-16(14)22(19)3/h5-8,10-12,19H,4,9H2,1-3H3,(H,21,23)/t12-,19+/m0/s1. The molecule has 4 rings (SSSR count). The van der Waals surface area contributed by atoms with E-state index in [1.807, 2.05) is 44.3 Å². The first-order valence-electron chi connectivity index (χ1n) is 8.67. The van der Waals surface area contributed by atoms with Gasteiger partial charge in [0.05, 0.1) is 17.9 Å². The van der Waals surface area contributed by atoms with E-state index >= 15 is 0 Å². The van der Waals surface area contributed by atoms with Crippen LogP contribution in [0.15, 0.2) is 36.4 Å². The number of rotatable bonds is 3. The third-order valence-electron chi connectivity index (χ3n) is 4.81. The van der Waals surface area contributed by atoms with E-state index in [2.05, 4.69) is 23.2 Å². The highest BCUT2D eigenvalue weighted by atomic mass is 16.5. The van der Waals surface area contributed by atoms with E-state index in [9.17, 15) is 4.79 Å². The van der Waals surface area contributed by atoms with Crippen LogP contribution in [0.4, 0.5) is 5.69 Å². The predicted molar refractivity (Wildman–Crippen MR) is 96.5 cm³/mol. The zero-order valence-electron chi connectivity index (χ0n) is 14.7. The van der Waals surface area contributed by atoms with Gasteiger partial charge in [0.15, 0.2) is 0 Å². The quantitative estimate of drug-likeness (QED) is 0.933. The average molecular weight is 338 g/mol. The van der Waals surface area contributed by atoms with Crippen LogP contribution in [0.1, 0.15) is 41.5 Å². The molecule has 0 saturated carbocycles. The van der Waals surface area contributed by atoms with Gasteiger partial charge in [-0.3, -0.25) is 4.79 Å². The molecule has 0 bridgehead atoms. The van der Waals surface area contributed by atoms with E-state index < -0.39 is 0 Å². The SMILES string of the molecule is CCOc1cc2c(cc1[C@@H]1NC(=O)c3ccccc3N1C)O[C@@H](C)C2. The number of nitrogens with zero attached hydrogens (tertiary/aromatic N) is 1. The number of ether oxygens (including phenoxy) is 2. The van der Waals surface area contributed by atoms with Crippen LogP contribution in [-0.2, 0) is 6.42 Å². The van der Waals surface area contributed by atoms with Gasteiger partial charge in [0.2, 0.25) is 0 Å². The maximum atomic E-state index is 12.6. The molecule has 0 radical (unpaired) electrons. The number of amides is 1. The molecule has 25 heavy (non-hydrogen) atoms. The van der Waals surface area contributed by atoms with Crippen molar-refractivity contribution in [1.29, 1.82) is 0 Å². The summed E-state index contributed by atoms with van der Waals surface area (Å²) in [5.74, 6) is 1.61. The molecule has 5 heteroatoms. The first-order valence-corrected chi connectivity index (χ1v) is 8.67. The number of carbonyl (C=O) groups is 1. The molecule has 2 aliphatic rings. The Kier molecular flexibility index (Phi) is 3.79. The van der Waals surface area contributed by atoms with Gasteiger partial charge in [-0.15, -0.1) is 0 Å². The van der Waals surface area contributed by atoms with Crippen LogP contribution in [0.5, 0.6) is 11.5 Å². The van der Waals surface area contributed by atoms with Crippen molar-refractivity contribution in [2.24, 2.45) is 0 Å². The van der Waals surface area contributed by atoms with Crippen molar-refractivity contribution >= 4 is 11.6 Å². The van der Waals surface area contributed by atoms with Crippen molar-refractivity contribution in [2.75, 3.05) is 18.6 Å². The Morgan fingerprint density at radius 1 is 1.32 bits per heavy atom. The normalized spacial score (nSPS) is 21.2. The van der Waals surface area contributed by atoms with Crippen molar-refractivity contribution in [1.82, 2.24) is 5.32 Å². The molecule has 0 aromatic heterocycles. The lowest BCUT2D eigenvalue weighted by Crippen LogP contribution is -2.44. The summed E-state index contributed by atoms with van der Waals surface area (Å²) in [5.41, 5.74) is 3.67. The smallest absolute Gasteiger partial charge is 0.255 e. The Morgan fingerprint density at radius 3 is 2.92 bits per heavy atom. The fraction of sp³-hybridized carbons (Fsp3) is 0.350. The van der Waals surface area contributed by atoms with Gasteiger partial charge in [-0.2, -0.15) is 0 Å². The molecule has 2 atom stereocenters. The molecular formula is C20H22N2O3. The molecule has 2 aromatic rings. The maximum absolute atomic E-state index is 12.6. The van der Waals surface area contributed by atoms with Gasteiger partial charge in [0.1, 0.15) is 23.8 Å². The summed E-state index contributed by atoms with van der Waals surface area (Å²) in [7, 11) is 1.98. The molecule has 0 unspecified atom stereocenters. The van der Waals surface area contributed by atoms with Crippen LogP contribution in [0, 0.1) is 0 Å². The molecule has 0 fully saturated rings. The van der Waals surface area contributed by atoms with Crippen molar-refractivity contribution in [3.63, 3.8) is 0 Å². The van der Waals surface area contributed by atoms with Crippen LogP contribution >= 0.6 is 0 Å². The van der Waals surface area contributed by atoms with E-state index in [4.69, 9.17) is 9.47 Å². The lowest BCUT2D eigenvalue weighted by molar-refractivity contribution is 0.0927. The lowest BCUT2D eigenvalue weighted by atomic mass is 10.0. The van der Waals surface area contributed by atoms with E-state index in [-0.39, 0.29) is 18.2 Å². The van der Waals surface area contributed by atoms with E-state index in [0.717, 1.165) is 34.7 Å². The third kappa shape index (κ3) is 2.60. The van der Waals surface area contributed by atoms with Crippen LogP contribution in [-0.4, -0.2) is 25.7 Å². The monoisotopic (exact) mass is 338 g/mol. The van der Waals surface area contributed by atoms with Gasteiger partial charge in [0.25, 0.3) is 5.91 Å². The number of hydrogen-bond donors (Lipinski definition) is 1. The summed E-state index contributed by atoms with van der Waals surface area (Å²) in [4.78, 5) is 14.6.